The highest BCUT2D eigenvalue weighted by Gasteiger charge is 2.11. The fraction of sp³-hybridized carbons (Fsp3) is 0.222. The summed E-state index contributed by atoms with van der Waals surface area (Å²) in [5.74, 6) is -0.756. The molecular weight excluding hydrogens is 342 g/mol. The molecule has 0 saturated carbocycles. The van der Waals surface area contributed by atoms with Crippen molar-refractivity contribution in [3.05, 3.63) is 58.3 Å². The lowest BCUT2D eigenvalue weighted by Gasteiger charge is -2.17. The van der Waals surface area contributed by atoms with Crippen molar-refractivity contribution in [1.29, 1.82) is 0 Å². The van der Waals surface area contributed by atoms with E-state index < -0.39 is 5.97 Å². The topological polar surface area (TPSA) is 46.6 Å². The molecule has 2 rings (SSSR count). The van der Waals surface area contributed by atoms with Gasteiger partial charge in [-0.05, 0) is 52.4 Å². The van der Waals surface area contributed by atoms with Gasteiger partial charge in [0.1, 0.15) is 0 Å². The summed E-state index contributed by atoms with van der Waals surface area (Å²) in [5.41, 5.74) is 1.97. The maximum absolute atomic E-state index is 12.0. The van der Waals surface area contributed by atoms with Gasteiger partial charge in [0.15, 0.2) is 6.61 Å². The highest BCUT2D eigenvalue weighted by atomic mass is 32.2. The van der Waals surface area contributed by atoms with Crippen LogP contribution in [-0.4, -0.2) is 36.7 Å². The zero-order valence-corrected chi connectivity index (χ0v) is 15.2. The minimum absolute atomic E-state index is 0.235. The van der Waals surface area contributed by atoms with Crippen molar-refractivity contribution in [2.24, 2.45) is 0 Å². The van der Waals surface area contributed by atoms with Gasteiger partial charge < -0.3 is 9.64 Å². The fourth-order valence-corrected chi connectivity index (χ4v) is 2.96. The van der Waals surface area contributed by atoms with E-state index in [0.29, 0.717) is 6.54 Å². The standard InChI is InChI=1S/C18H19NO3S2/c1-19(11-14-3-6-16(23-2)7-4-14)17(20)12-22-18(21)8-5-15-9-10-24-13-15/h3-10,13H,11-12H2,1-2H3/b8-5+. The molecule has 1 aromatic carbocycles. The van der Waals surface area contributed by atoms with Crippen LogP contribution < -0.4 is 0 Å². The molecule has 0 aliphatic rings. The Labute approximate surface area is 150 Å². The molecule has 0 radical (unpaired) electrons. The zero-order valence-electron chi connectivity index (χ0n) is 13.6. The van der Waals surface area contributed by atoms with E-state index in [4.69, 9.17) is 4.74 Å². The first kappa shape index (κ1) is 18.3. The van der Waals surface area contributed by atoms with Crippen LogP contribution in [-0.2, 0) is 20.9 Å². The number of thioether (sulfide) groups is 1. The third-order valence-electron chi connectivity index (χ3n) is 3.30. The van der Waals surface area contributed by atoms with Crippen molar-refractivity contribution in [3.8, 4) is 0 Å². The van der Waals surface area contributed by atoms with Crippen LogP contribution in [0.3, 0.4) is 0 Å². The van der Waals surface area contributed by atoms with Gasteiger partial charge in [-0.15, -0.1) is 11.8 Å². The second kappa shape index (κ2) is 9.30. The second-order valence-corrected chi connectivity index (χ2v) is 6.76. The van der Waals surface area contributed by atoms with E-state index in [0.717, 1.165) is 11.1 Å². The van der Waals surface area contributed by atoms with Crippen molar-refractivity contribution in [2.75, 3.05) is 19.9 Å². The first-order valence-corrected chi connectivity index (χ1v) is 9.49. The lowest BCUT2D eigenvalue weighted by molar-refractivity contribution is -0.147. The zero-order chi connectivity index (χ0) is 17.4. The largest absolute Gasteiger partial charge is 0.452 e. The van der Waals surface area contributed by atoms with Gasteiger partial charge in [0.25, 0.3) is 5.91 Å². The third kappa shape index (κ3) is 5.86. The molecule has 0 aliphatic heterocycles. The number of hydrogen-bond acceptors (Lipinski definition) is 5. The lowest BCUT2D eigenvalue weighted by Crippen LogP contribution is -2.30. The number of likely N-dealkylation sites (N-methyl/N-ethyl adjacent to an activating group) is 1. The number of amides is 1. The van der Waals surface area contributed by atoms with Crippen LogP contribution in [0.5, 0.6) is 0 Å². The van der Waals surface area contributed by atoms with Crippen LogP contribution in [0.4, 0.5) is 0 Å². The molecule has 1 aromatic heterocycles. The van der Waals surface area contributed by atoms with E-state index in [1.54, 1.807) is 41.1 Å². The van der Waals surface area contributed by atoms with E-state index in [2.05, 4.69) is 0 Å². The summed E-state index contributed by atoms with van der Waals surface area (Å²) in [6.07, 6.45) is 5.02. The Hall–Kier alpha value is -2.05. The SMILES string of the molecule is CSc1ccc(CN(C)C(=O)COC(=O)/C=C/c2ccsc2)cc1. The van der Waals surface area contributed by atoms with Gasteiger partial charge >= 0.3 is 5.97 Å². The van der Waals surface area contributed by atoms with Crippen LogP contribution in [0.1, 0.15) is 11.1 Å². The summed E-state index contributed by atoms with van der Waals surface area (Å²) >= 11 is 3.22. The summed E-state index contributed by atoms with van der Waals surface area (Å²) in [5, 5.41) is 3.85. The summed E-state index contributed by atoms with van der Waals surface area (Å²) < 4.78 is 4.98. The minimum atomic E-state index is -0.521. The van der Waals surface area contributed by atoms with Crippen molar-refractivity contribution in [2.45, 2.75) is 11.4 Å². The first-order valence-electron chi connectivity index (χ1n) is 7.32. The number of thiophene rings is 1. The molecule has 0 unspecified atom stereocenters. The van der Waals surface area contributed by atoms with Crippen LogP contribution in [0, 0.1) is 0 Å². The summed E-state index contributed by atoms with van der Waals surface area (Å²) in [6, 6.07) is 9.92. The summed E-state index contributed by atoms with van der Waals surface area (Å²) in [6.45, 7) is 0.224. The van der Waals surface area contributed by atoms with Crippen LogP contribution in [0.2, 0.25) is 0 Å². The highest BCUT2D eigenvalue weighted by Crippen LogP contribution is 2.15. The minimum Gasteiger partial charge on any atom is -0.452 e. The number of carbonyl (C=O) groups excluding carboxylic acids is 2. The molecule has 4 nitrogen and oxygen atoms in total. The van der Waals surface area contributed by atoms with Gasteiger partial charge in [-0.1, -0.05) is 12.1 Å². The molecule has 24 heavy (non-hydrogen) atoms. The number of hydrogen-bond donors (Lipinski definition) is 0. The second-order valence-electron chi connectivity index (χ2n) is 5.10. The monoisotopic (exact) mass is 361 g/mol. The molecule has 0 atom stereocenters. The van der Waals surface area contributed by atoms with Gasteiger partial charge in [-0.3, -0.25) is 4.79 Å². The maximum Gasteiger partial charge on any atom is 0.331 e. The Bertz CT molecular complexity index is 694. The predicted octanol–water partition coefficient (Wildman–Crippen LogP) is 3.69. The molecule has 0 fully saturated rings. The summed E-state index contributed by atoms with van der Waals surface area (Å²) in [7, 11) is 1.69. The average Bonchev–Trinajstić information content (AvgIpc) is 3.12. The number of rotatable bonds is 7. The number of nitrogens with zero attached hydrogens (tertiary/aromatic N) is 1. The molecule has 0 spiro atoms. The number of carbonyl (C=O) groups is 2. The Kier molecular flexibility index (Phi) is 7.08. The molecular formula is C18H19NO3S2. The van der Waals surface area contributed by atoms with Crippen LogP contribution >= 0.6 is 23.1 Å². The molecule has 126 valence electrons. The number of esters is 1. The summed E-state index contributed by atoms with van der Waals surface area (Å²) in [4.78, 5) is 26.4. The normalized spacial score (nSPS) is 10.8. The molecule has 0 bridgehead atoms. The van der Waals surface area contributed by atoms with E-state index in [9.17, 15) is 9.59 Å². The maximum atomic E-state index is 12.0. The van der Waals surface area contributed by atoms with E-state index in [-0.39, 0.29) is 12.5 Å². The van der Waals surface area contributed by atoms with Gasteiger partial charge in [0.05, 0.1) is 0 Å². The fourth-order valence-electron chi connectivity index (χ4n) is 1.92. The Morgan fingerprint density at radius 3 is 2.62 bits per heavy atom. The van der Waals surface area contributed by atoms with Crippen LogP contribution in [0.25, 0.3) is 6.08 Å². The molecule has 0 N–H and O–H groups in total. The number of ether oxygens (including phenoxy) is 1. The molecule has 2 aromatic rings. The molecule has 1 amide bonds. The third-order valence-corrected chi connectivity index (χ3v) is 4.74. The van der Waals surface area contributed by atoms with Crippen molar-refractivity contribution >= 4 is 41.1 Å². The van der Waals surface area contributed by atoms with Crippen molar-refractivity contribution in [1.82, 2.24) is 4.90 Å². The molecule has 0 aliphatic carbocycles. The van der Waals surface area contributed by atoms with Gasteiger partial charge in [0.2, 0.25) is 0 Å². The van der Waals surface area contributed by atoms with Gasteiger partial charge in [0, 0.05) is 24.6 Å². The number of benzene rings is 1. The smallest absolute Gasteiger partial charge is 0.331 e. The predicted molar refractivity (Wildman–Crippen MR) is 99.0 cm³/mol. The van der Waals surface area contributed by atoms with Gasteiger partial charge in [-0.25, -0.2) is 4.79 Å². The average molecular weight is 361 g/mol. The van der Waals surface area contributed by atoms with Crippen molar-refractivity contribution in [3.63, 3.8) is 0 Å². The quantitative estimate of drug-likeness (QED) is 0.429. The molecule has 1 heterocycles. The molecule has 6 heteroatoms. The van der Waals surface area contributed by atoms with E-state index >= 15 is 0 Å². The lowest BCUT2D eigenvalue weighted by atomic mass is 10.2. The molecule has 0 saturated heterocycles. The highest BCUT2D eigenvalue weighted by molar-refractivity contribution is 7.98. The van der Waals surface area contributed by atoms with Gasteiger partial charge in [-0.2, -0.15) is 11.3 Å². The van der Waals surface area contributed by atoms with E-state index in [1.165, 1.54) is 11.0 Å². The Balaban J connectivity index is 1.77. The first-order chi connectivity index (χ1) is 11.6. The Morgan fingerprint density at radius 2 is 2.00 bits per heavy atom. The van der Waals surface area contributed by atoms with Crippen LogP contribution in [0.15, 0.2) is 52.1 Å². The Morgan fingerprint density at radius 1 is 1.25 bits per heavy atom. The van der Waals surface area contributed by atoms with Crippen molar-refractivity contribution < 1.29 is 14.3 Å². The van der Waals surface area contributed by atoms with E-state index in [1.807, 2.05) is 47.3 Å².